The summed E-state index contributed by atoms with van der Waals surface area (Å²) in [6.07, 6.45) is 0.435. The molecule has 3 N–H and O–H groups in total. The average molecular weight is 478 g/mol. The second-order valence-corrected chi connectivity index (χ2v) is 8.96. The van der Waals surface area contributed by atoms with Crippen LogP contribution in [0.25, 0.3) is 0 Å². The van der Waals surface area contributed by atoms with Gasteiger partial charge in [0.1, 0.15) is 5.75 Å². The number of urea groups is 1. The highest BCUT2D eigenvalue weighted by atomic mass is 16.5. The third-order valence-corrected chi connectivity index (χ3v) is 7.10. The SMILES string of the molecule is CCC(=O)Nc1ccc2c(c1)CC1(C(=O)NC(=O)NC1=O)C1CN(c3ccccc3OC)CCN21. The van der Waals surface area contributed by atoms with Crippen molar-refractivity contribution in [2.24, 2.45) is 5.41 Å². The summed E-state index contributed by atoms with van der Waals surface area (Å²) in [5, 5.41) is 7.48. The summed E-state index contributed by atoms with van der Waals surface area (Å²) < 4.78 is 5.55. The van der Waals surface area contributed by atoms with Crippen molar-refractivity contribution in [3.8, 4) is 5.75 Å². The second kappa shape index (κ2) is 8.61. The number of carbonyl (C=O) groups is 4. The summed E-state index contributed by atoms with van der Waals surface area (Å²) >= 11 is 0. The van der Waals surface area contributed by atoms with Crippen molar-refractivity contribution in [2.75, 3.05) is 41.9 Å². The van der Waals surface area contributed by atoms with Gasteiger partial charge in [-0.2, -0.15) is 0 Å². The van der Waals surface area contributed by atoms with Crippen LogP contribution in [0, 0.1) is 5.41 Å². The second-order valence-electron chi connectivity index (χ2n) is 8.96. The van der Waals surface area contributed by atoms with E-state index in [0.29, 0.717) is 37.5 Å². The van der Waals surface area contributed by atoms with E-state index >= 15 is 0 Å². The van der Waals surface area contributed by atoms with Crippen molar-refractivity contribution in [1.29, 1.82) is 0 Å². The molecule has 5 rings (SSSR count). The maximum absolute atomic E-state index is 13.4. The number of hydrogen-bond acceptors (Lipinski definition) is 7. The normalized spacial score (nSPS) is 20.5. The Morgan fingerprint density at radius 2 is 1.83 bits per heavy atom. The van der Waals surface area contributed by atoms with Gasteiger partial charge in [-0.3, -0.25) is 25.0 Å². The van der Waals surface area contributed by atoms with Crippen LogP contribution >= 0.6 is 0 Å². The lowest BCUT2D eigenvalue weighted by molar-refractivity contribution is -0.146. The van der Waals surface area contributed by atoms with Gasteiger partial charge in [0.2, 0.25) is 17.7 Å². The molecule has 0 bridgehead atoms. The number of nitrogens with zero attached hydrogens (tertiary/aromatic N) is 2. The predicted molar refractivity (Wildman–Crippen MR) is 130 cm³/mol. The molecule has 182 valence electrons. The molecule has 3 aliphatic heterocycles. The van der Waals surface area contributed by atoms with Crippen molar-refractivity contribution in [1.82, 2.24) is 10.6 Å². The Morgan fingerprint density at radius 3 is 2.54 bits per heavy atom. The summed E-state index contributed by atoms with van der Waals surface area (Å²) in [6, 6.07) is 11.8. The minimum Gasteiger partial charge on any atom is -0.495 e. The lowest BCUT2D eigenvalue weighted by Crippen LogP contribution is -2.74. The van der Waals surface area contributed by atoms with Crippen LogP contribution in [0.4, 0.5) is 21.9 Å². The van der Waals surface area contributed by atoms with Gasteiger partial charge in [0.25, 0.3) is 0 Å². The van der Waals surface area contributed by atoms with E-state index in [-0.39, 0.29) is 12.3 Å². The van der Waals surface area contributed by atoms with Gasteiger partial charge in [0, 0.05) is 37.4 Å². The van der Waals surface area contributed by atoms with Crippen LogP contribution in [0.3, 0.4) is 0 Å². The van der Waals surface area contributed by atoms with Crippen LogP contribution in [0.1, 0.15) is 18.9 Å². The van der Waals surface area contributed by atoms with Gasteiger partial charge in [0.05, 0.1) is 18.8 Å². The van der Waals surface area contributed by atoms with E-state index in [2.05, 4.69) is 25.8 Å². The number of hydrogen-bond donors (Lipinski definition) is 3. The fourth-order valence-electron chi connectivity index (χ4n) is 5.38. The van der Waals surface area contributed by atoms with Crippen molar-refractivity contribution >= 4 is 40.8 Å². The molecule has 3 aliphatic rings. The Kier molecular flexibility index (Phi) is 5.58. The van der Waals surface area contributed by atoms with Crippen LogP contribution < -0.4 is 30.5 Å². The van der Waals surface area contributed by atoms with Gasteiger partial charge in [-0.15, -0.1) is 0 Å². The highest BCUT2D eigenvalue weighted by Crippen LogP contribution is 2.46. The molecule has 5 amide bonds. The smallest absolute Gasteiger partial charge is 0.328 e. The van der Waals surface area contributed by atoms with Gasteiger partial charge in [-0.25, -0.2) is 4.79 Å². The third kappa shape index (κ3) is 3.65. The molecule has 2 fully saturated rings. The van der Waals surface area contributed by atoms with Crippen LogP contribution in [0.15, 0.2) is 42.5 Å². The lowest BCUT2D eigenvalue weighted by Gasteiger charge is -2.54. The van der Waals surface area contributed by atoms with E-state index in [9.17, 15) is 19.2 Å². The lowest BCUT2D eigenvalue weighted by atomic mass is 9.68. The number of carbonyl (C=O) groups excluding carboxylic acids is 4. The van der Waals surface area contributed by atoms with Gasteiger partial charge in [-0.05, 0) is 42.3 Å². The summed E-state index contributed by atoms with van der Waals surface area (Å²) in [4.78, 5) is 54.9. The molecular weight excluding hydrogens is 450 g/mol. The van der Waals surface area contributed by atoms with Crippen molar-refractivity contribution in [2.45, 2.75) is 25.8 Å². The monoisotopic (exact) mass is 477 g/mol. The first-order chi connectivity index (χ1) is 16.9. The van der Waals surface area contributed by atoms with E-state index in [1.807, 2.05) is 42.5 Å². The number of methoxy groups -OCH3 is 1. The van der Waals surface area contributed by atoms with Crippen molar-refractivity contribution in [3.05, 3.63) is 48.0 Å². The highest BCUT2D eigenvalue weighted by Gasteiger charge is 2.61. The summed E-state index contributed by atoms with van der Waals surface area (Å²) in [5.41, 5.74) is 1.63. The zero-order chi connectivity index (χ0) is 24.7. The number of piperazine rings is 1. The Morgan fingerprint density at radius 1 is 1.09 bits per heavy atom. The third-order valence-electron chi connectivity index (χ3n) is 7.10. The standard InChI is InChI=1S/C25H27N5O5/c1-3-21(31)26-16-8-9-17-15(12-16)13-25(22(32)27-24(34)28-23(25)33)20-14-29(10-11-30(17)20)18-6-4-5-7-19(18)35-2/h4-9,12,20H,3,10-11,13-14H2,1-2H3,(H,26,31)(H2,27,28,32,33,34). The molecule has 10 nitrogen and oxygen atoms in total. The molecule has 1 unspecified atom stereocenters. The number of imide groups is 2. The van der Waals surface area contributed by atoms with E-state index in [1.54, 1.807) is 14.0 Å². The number of rotatable bonds is 4. The van der Waals surface area contributed by atoms with E-state index < -0.39 is 29.3 Å². The Bertz CT molecular complexity index is 1210. The highest BCUT2D eigenvalue weighted by molar-refractivity contribution is 6.20. The number of anilines is 3. The minimum absolute atomic E-state index is 0.101. The largest absolute Gasteiger partial charge is 0.495 e. The molecule has 35 heavy (non-hydrogen) atoms. The maximum Gasteiger partial charge on any atom is 0.328 e. The Labute approximate surface area is 202 Å². The molecular formula is C25H27N5O5. The van der Waals surface area contributed by atoms with Crippen LogP contribution in [0.2, 0.25) is 0 Å². The Balaban J connectivity index is 1.58. The number of benzene rings is 2. The molecule has 2 aromatic rings. The molecule has 10 heteroatoms. The number of amides is 5. The number of ether oxygens (including phenoxy) is 1. The minimum atomic E-state index is -1.52. The zero-order valence-corrected chi connectivity index (χ0v) is 19.6. The molecule has 2 saturated heterocycles. The number of barbiturate groups is 1. The van der Waals surface area contributed by atoms with Crippen LogP contribution in [-0.2, 0) is 20.8 Å². The molecule has 0 saturated carbocycles. The van der Waals surface area contributed by atoms with Crippen LogP contribution in [-0.4, -0.2) is 56.5 Å². The van der Waals surface area contributed by atoms with Gasteiger partial charge in [0.15, 0.2) is 5.41 Å². The fraction of sp³-hybridized carbons (Fsp3) is 0.360. The van der Waals surface area contributed by atoms with Crippen molar-refractivity contribution < 1.29 is 23.9 Å². The van der Waals surface area contributed by atoms with E-state index in [0.717, 1.165) is 16.9 Å². The zero-order valence-electron chi connectivity index (χ0n) is 19.6. The quantitative estimate of drug-likeness (QED) is 0.573. The molecule has 3 heterocycles. The van der Waals surface area contributed by atoms with Gasteiger partial charge < -0.3 is 19.9 Å². The molecule has 2 aromatic carbocycles. The molecule has 0 aromatic heterocycles. The average Bonchev–Trinajstić information content (AvgIpc) is 2.86. The molecule has 1 atom stereocenters. The molecule has 1 spiro atoms. The molecule has 0 radical (unpaired) electrons. The van der Waals surface area contributed by atoms with E-state index in [1.165, 1.54) is 0 Å². The Hall–Kier alpha value is -4.08. The first kappa shape index (κ1) is 22.7. The molecule has 0 aliphatic carbocycles. The first-order valence-corrected chi connectivity index (χ1v) is 11.6. The van der Waals surface area contributed by atoms with E-state index in [4.69, 9.17) is 4.74 Å². The maximum atomic E-state index is 13.4. The summed E-state index contributed by atoms with van der Waals surface area (Å²) in [5.74, 6) is -0.652. The topological polar surface area (TPSA) is 120 Å². The summed E-state index contributed by atoms with van der Waals surface area (Å²) in [6.45, 7) is 3.33. The fourth-order valence-corrected chi connectivity index (χ4v) is 5.38. The van der Waals surface area contributed by atoms with Gasteiger partial charge >= 0.3 is 6.03 Å². The number of nitrogens with one attached hydrogen (secondary N) is 3. The van der Waals surface area contributed by atoms with Gasteiger partial charge in [-0.1, -0.05) is 19.1 Å². The first-order valence-electron chi connectivity index (χ1n) is 11.6. The predicted octanol–water partition coefficient (Wildman–Crippen LogP) is 1.65. The summed E-state index contributed by atoms with van der Waals surface area (Å²) in [7, 11) is 1.61. The van der Waals surface area contributed by atoms with Crippen LogP contribution in [0.5, 0.6) is 5.75 Å². The van der Waals surface area contributed by atoms with Crippen molar-refractivity contribution in [3.63, 3.8) is 0 Å². The number of fused-ring (bicyclic) bond motifs is 4. The number of para-hydroxylation sites is 2.